The third-order valence-electron chi connectivity index (χ3n) is 4.52. The number of aromatic nitrogens is 2. The molecule has 8 heteroatoms. The van der Waals surface area contributed by atoms with Crippen LogP contribution in [0.1, 0.15) is 29.3 Å². The summed E-state index contributed by atoms with van der Waals surface area (Å²) in [6.45, 7) is 4.23. The first-order valence-electron chi connectivity index (χ1n) is 8.19. The van der Waals surface area contributed by atoms with Crippen LogP contribution in [0.2, 0.25) is 0 Å². The molecule has 0 N–H and O–H groups in total. The molecule has 128 valence electrons. The van der Waals surface area contributed by atoms with E-state index in [0.29, 0.717) is 37.0 Å². The summed E-state index contributed by atoms with van der Waals surface area (Å²) in [5.74, 6) is 0.611. The van der Waals surface area contributed by atoms with Crippen LogP contribution in [0.4, 0.5) is 5.13 Å². The van der Waals surface area contributed by atoms with E-state index in [1.807, 2.05) is 19.1 Å². The molecule has 4 rings (SSSR count). The van der Waals surface area contributed by atoms with Gasteiger partial charge in [-0.3, -0.25) is 0 Å². The Labute approximate surface area is 146 Å². The van der Waals surface area contributed by atoms with Gasteiger partial charge in [-0.2, -0.15) is 4.31 Å². The Hall–Kier alpha value is -1.51. The number of nitrogens with zero attached hydrogens (tertiary/aromatic N) is 4. The van der Waals surface area contributed by atoms with E-state index in [1.54, 1.807) is 27.8 Å². The van der Waals surface area contributed by atoms with Gasteiger partial charge in [0.2, 0.25) is 15.2 Å². The van der Waals surface area contributed by atoms with Gasteiger partial charge < -0.3 is 4.90 Å². The summed E-state index contributed by atoms with van der Waals surface area (Å²) < 4.78 is 27.0. The quantitative estimate of drug-likeness (QED) is 0.832. The van der Waals surface area contributed by atoms with Crippen molar-refractivity contribution in [2.75, 3.05) is 31.1 Å². The van der Waals surface area contributed by atoms with Crippen molar-refractivity contribution >= 4 is 26.5 Å². The molecule has 1 aliphatic carbocycles. The predicted molar refractivity (Wildman–Crippen MR) is 94.0 cm³/mol. The SMILES string of the molecule is Cc1ccc(S(=O)(=O)N2CCN(c3nnc(C4CC4)s3)CC2)cc1. The van der Waals surface area contributed by atoms with Gasteiger partial charge in [-0.15, -0.1) is 10.2 Å². The molecule has 1 aliphatic heterocycles. The second kappa shape index (κ2) is 6.09. The van der Waals surface area contributed by atoms with Crippen molar-refractivity contribution in [1.82, 2.24) is 14.5 Å². The fourth-order valence-electron chi connectivity index (χ4n) is 2.83. The summed E-state index contributed by atoms with van der Waals surface area (Å²) >= 11 is 1.65. The highest BCUT2D eigenvalue weighted by Crippen LogP contribution is 2.42. The molecule has 6 nitrogen and oxygen atoms in total. The van der Waals surface area contributed by atoms with Crippen LogP contribution in [0.15, 0.2) is 29.2 Å². The minimum Gasteiger partial charge on any atom is -0.344 e. The highest BCUT2D eigenvalue weighted by atomic mass is 32.2. The molecule has 1 aromatic heterocycles. The highest BCUT2D eigenvalue weighted by molar-refractivity contribution is 7.89. The standard InChI is InChI=1S/C16H20N4O2S2/c1-12-2-6-14(7-3-12)24(21,22)20-10-8-19(9-11-20)16-18-17-15(23-16)13-4-5-13/h2-3,6-7,13H,4-5,8-11H2,1H3. The number of hydrogen-bond acceptors (Lipinski definition) is 6. The Morgan fingerprint density at radius 2 is 1.71 bits per heavy atom. The number of anilines is 1. The largest absolute Gasteiger partial charge is 0.344 e. The number of sulfonamides is 1. The fraction of sp³-hybridized carbons (Fsp3) is 0.500. The zero-order valence-corrected chi connectivity index (χ0v) is 15.2. The molecule has 2 aliphatic rings. The minimum atomic E-state index is -3.41. The van der Waals surface area contributed by atoms with Gasteiger partial charge in [-0.05, 0) is 31.9 Å². The maximum absolute atomic E-state index is 12.7. The lowest BCUT2D eigenvalue weighted by molar-refractivity contribution is 0.384. The first-order valence-corrected chi connectivity index (χ1v) is 10.4. The maximum atomic E-state index is 12.7. The molecular weight excluding hydrogens is 344 g/mol. The van der Waals surface area contributed by atoms with Gasteiger partial charge in [0.25, 0.3) is 0 Å². The summed E-state index contributed by atoms with van der Waals surface area (Å²) in [5.41, 5.74) is 1.06. The van der Waals surface area contributed by atoms with E-state index in [4.69, 9.17) is 0 Å². The Kier molecular flexibility index (Phi) is 4.06. The first kappa shape index (κ1) is 16.0. The molecule has 0 spiro atoms. The number of aryl methyl sites for hydroxylation is 1. The third kappa shape index (κ3) is 3.05. The second-order valence-electron chi connectivity index (χ2n) is 6.40. The predicted octanol–water partition coefficient (Wildman–Crippen LogP) is 2.23. The fourth-order valence-corrected chi connectivity index (χ4v) is 5.32. The van der Waals surface area contributed by atoms with Gasteiger partial charge in [-0.25, -0.2) is 8.42 Å². The minimum absolute atomic E-state index is 0.369. The van der Waals surface area contributed by atoms with Gasteiger partial charge in [-0.1, -0.05) is 29.0 Å². The van der Waals surface area contributed by atoms with Crippen molar-refractivity contribution in [2.24, 2.45) is 0 Å². The van der Waals surface area contributed by atoms with Crippen molar-refractivity contribution in [3.05, 3.63) is 34.8 Å². The third-order valence-corrected chi connectivity index (χ3v) is 7.58. The van der Waals surface area contributed by atoms with Crippen LogP contribution in [0, 0.1) is 6.92 Å². The first-order chi connectivity index (χ1) is 11.5. The molecule has 2 aromatic rings. The number of hydrogen-bond donors (Lipinski definition) is 0. The summed E-state index contributed by atoms with van der Waals surface area (Å²) in [7, 11) is -3.41. The van der Waals surface area contributed by atoms with Gasteiger partial charge >= 0.3 is 0 Å². The molecule has 0 radical (unpaired) electrons. The number of piperazine rings is 1. The molecule has 24 heavy (non-hydrogen) atoms. The van der Waals surface area contributed by atoms with Crippen LogP contribution in [-0.4, -0.2) is 49.1 Å². The topological polar surface area (TPSA) is 66.4 Å². The highest BCUT2D eigenvalue weighted by Gasteiger charge is 2.31. The van der Waals surface area contributed by atoms with Crippen LogP contribution in [0.3, 0.4) is 0 Å². The average Bonchev–Trinajstić information content (AvgIpc) is 3.32. The second-order valence-corrected chi connectivity index (χ2v) is 9.33. The lowest BCUT2D eigenvalue weighted by atomic mass is 10.2. The average molecular weight is 364 g/mol. The lowest BCUT2D eigenvalue weighted by Gasteiger charge is -2.33. The Morgan fingerprint density at radius 1 is 1.04 bits per heavy atom. The molecule has 1 saturated carbocycles. The van der Waals surface area contributed by atoms with Crippen molar-refractivity contribution in [2.45, 2.75) is 30.6 Å². The van der Waals surface area contributed by atoms with E-state index >= 15 is 0 Å². The Morgan fingerprint density at radius 3 is 2.33 bits per heavy atom. The molecule has 1 saturated heterocycles. The van der Waals surface area contributed by atoms with E-state index < -0.39 is 10.0 Å². The monoisotopic (exact) mass is 364 g/mol. The van der Waals surface area contributed by atoms with E-state index in [9.17, 15) is 8.42 Å². The maximum Gasteiger partial charge on any atom is 0.243 e. The molecule has 0 unspecified atom stereocenters. The van der Waals surface area contributed by atoms with E-state index in [1.165, 1.54) is 12.8 Å². The van der Waals surface area contributed by atoms with E-state index in [-0.39, 0.29) is 0 Å². The van der Waals surface area contributed by atoms with Gasteiger partial charge in [0.05, 0.1) is 4.90 Å². The van der Waals surface area contributed by atoms with Crippen LogP contribution in [-0.2, 0) is 10.0 Å². The van der Waals surface area contributed by atoms with Crippen molar-refractivity contribution in [3.63, 3.8) is 0 Å². The molecule has 0 amide bonds. The van der Waals surface area contributed by atoms with Crippen LogP contribution >= 0.6 is 11.3 Å². The summed E-state index contributed by atoms with van der Waals surface area (Å²) in [6, 6.07) is 7.04. The van der Waals surface area contributed by atoms with Gasteiger partial charge in [0.15, 0.2) is 0 Å². The molecule has 2 fully saturated rings. The Bertz CT molecular complexity index is 820. The van der Waals surface area contributed by atoms with Crippen molar-refractivity contribution in [1.29, 1.82) is 0 Å². The van der Waals surface area contributed by atoms with E-state index in [0.717, 1.165) is 15.7 Å². The number of benzene rings is 1. The Balaban J connectivity index is 1.44. The smallest absolute Gasteiger partial charge is 0.243 e. The van der Waals surface area contributed by atoms with Crippen molar-refractivity contribution in [3.8, 4) is 0 Å². The van der Waals surface area contributed by atoms with Crippen LogP contribution < -0.4 is 4.90 Å². The summed E-state index contributed by atoms with van der Waals surface area (Å²) in [5, 5.41) is 10.6. The van der Waals surface area contributed by atoms with Crippen LogP contribution in [0.25, 0.3) is 0 Å². The molecule has 1 aromatic carbocycles. The van der Waals surface area contributed by atoms with Gasteiger partial charge in [0, 0.05) is 32.1 Å². The number of rotatable bonds is 4. The molecule has 2 heterocycles. The summed E-state index contributed by atoms with van der Waals surface area (Å²) in [4.78, 5) is 2.51. The lowest BCUT2D eigenvalue weighted by Crippen LogP contribution is -2.48. The normalized spacial score (nSPS) is 19.6. The summed E-state index contributed by atoms with van der Waals surface area (Å²) in [6.07, 6.45) is 2.44. The van der Waals surface area contributed by atoms with Crippen molar-refractivity contribution < 1.29 is 8.42 Å². The van der Waals surface area contributed by atoms with Gasteiger partial charge in [0.1, 0.15) is 5.01 Å². The molecule has 0 bridgehead atoms. The van der Waals surface area contributed by atoms with E-state index in [2.05, 4.69) is 15.1 Å². The zero-order chi connectivity index (χ0) is 16.7. The zero-order valence-electron chi connectivity index (χ0n) is 13.6. The molecular formula is C16H20N4O2S2. The molecule has 0 atom stereocenters. The van der Waals surface area contributed by atoms with Crippen LogP contribution in [0.5, 0.6) is 0 Å².